The normalized spacial score (nSPS) is 35.2. The van der Waals surface area contributed by atoms with E-state index in [9.17, 15) is 15.0 Å². The molecule has 1 saturated heterocycles. The first-order valence-corrected chi connectivity index (χ1v) is 7.48. The average Bonchev–Trinajstić information content (AvgIpc) is 2.60. The molecule has 0 aromatic rings. The molecule has 1 heterocycles. The highest BCUT2D eigenvalue weighted by molar-refractivity contribution is 7.80. The Kier molecular flexibility index (Phi) is 11.1. The van der Waals surface area contributed by atoms with Gasteiger partial charge in [0.25, 0.3) is 0 Å². The third-order valence-electron chi connectivity index (χ3n) is 3.35. The van der Waals surface area contributed by atoms with Crippen LogP contribution >= 0.6 is 12.6 Å². The van der Waals surface area contributed by atoms with Crippen molar-refractivity contribution in [3.63, 3.8) is 0 Å². The first-order valence-electron chi connectivity index (χ1n) is 6.96. The Bertz CT molecular complexity index is 360. The highest BCUT2D eigenvalue weighted by Gasteiger charge is 2.41. The molecule has 0 aromatic heterocycles. The maximum atomic E-state index is 10.0. The van der Waals surface area contributed by atoms with Gasteiger partial charge >= 0.3 is 0 Å². The molecule has 0 amide bonds. The summed E-state index contributed by atoms with van der Waals surface area (Å²) in [4.78, 5) is 10.0. The van der Waals surface area contributed by atoms with Crippen molar-refractivity contribution < 1.29 is 50.4 Å². The first kappa shape index (κ1) is 23.6. The molecule has 0 aliphatic carbocycles. The number of aliphatic hydroxyl groups excluding tert-OH is 8. The van der Waals surface area contributed by atoms with E-state index < -0.39 is 67.4 Å². The molecule has 0 bridgehead atoms. The number of hydrogen-bond acceptors (Lipinski definition) is 12. The number of ether oxygens (including phenoxy) is 1. The highest BCUT2D eigenvalue weighted by Crippen LogP contribution is 2.22. The number of rotatable bonds is 6. The third kappa shape index (κ3) is 6.50. The fourth-order valence-electron chi connectivity index (χ4n) is 1.73. The van der Waals surface area contributed by atoms with Gasteiger partial charge in [-0.1, -0.05) is 0 Å². The van der Waals surface area contributed by atoms with E-state index in [2.05, 4.69) is 12.6 Å². The zero-order chi connectivity index (χ0) is 19.0. The lowest BCUT2D eigenvalue weighted by atomic mass is 10.0. The summed E-state index contributed by atoms with van der Waals surface area (Å²) in [5, 5.41) is 71.4. The second kappa shape index (κ2) is 11.3. The van der Waals surface area contributed by atoms with Gasteiger partial charge in [0.2, 0.25) is 0 Å². The van der Waals surface area contributed by atoms with Gasteiger partial charge in [-0.2, -0.15) is 0 Å². The molecule has 10 N–H and O–H groups in total. The summed E-state index contributed by atoms with van der Waals surface area (Å²) in [5.74, 6) is 0. The summed E-state index contributed by atoms with van der Waals surface area (Å²) in [5.41, 5.74) is 4.16. The molecule has 1 rings (SSSR count). The number of thiol groups is 1. The SMILES string of the molecule is N[C@@H](C=O)[C@@H](O)[C@H](O)[C@H](O)CO.OC[C@H]1OC(S)[C@H](O)[C@@H](O)[C@H]1O. The van der Waals surface area contributed by atoms with Gasteiger partial charge in [-0.15, -0.1) is 12.6 Å². The molecule has 0 spiro atoms. The van der Waals surface area contributed by atoms with E-state index in [1.54, 1.807) is 0 Å². The van der Waals surface area contributed by atoms with E-state index in [-0.39, 0.29) is 6.29 Å². The summed E-state index contributed by atoms with van der Waals surface area (Å²) < 4.78 is 4.88. The molecule has 1 fully saturated rings. The molecule has 1 aliphatic heterocycles. The quantitative estimate of drug-likeness (QED) is 0.156. The molecule has 12 heteroatoms. The zero-order valence-electron chi connectivity index (χ0n) is 12.6. The molecule has 9 atom stereocenters. The van der Waals surface area contributed by atoms with Crippen LogP contribution in [0.3, 0.4) is 0 Å². The summed E-state index contributed by atoms with van der Waals surface area (Å²) in [6.45, 7) is -1.12. The van der Waals surface area contributed by atoms with E-state index in [1.807, 2.05) is 0 Å². The molecule has 0 aromatic carbocycles. The number of carbonyl (C=O) groups excluding carboxylic acids is 1. The van der Waals surface area contributed by atoms with Crippen LogP contribution in [0.25, 0.3) is 0 Å². The monoisotopic (exact) mass is 375 g/mol. The molecule has 144 valence electrons. The van der Waals surface area contributed by atoms with Crippen LogP contribution in [0.15, 0.2) is 0 Å². The lowest BCUT2D eigenvalue weighted by molar-refractivity contribution is -0.205. The predicted octanol–water partition coefficient (Wildman–Crippen LogP) is -5.70. The predicted molar refractivity (Wildman–Crippen MR) is 81.9 cm³/mol. The van der Waals surface area contributed by atoms with Crippen LogP contribution in [0, 0.1) is 0 Å². The van der Waals surface area contributed by atoms with E-state index in [0.29, 0.717) is 0 Å². The van der Waals surface area contributed by atoms with E-state index in [1.165, 1.54) is 0 Å². The summed E-state index contributed by atoms with van der Waals surface area (Å²) in [7, 11) is 0. The van der Waals surface area contributed by atoms with Gasteiger partial charge in [0.15, 0.2) is 0 Å². The number of aldehydes is 1. The smallest absolute Gasteiger partial charge is 0.139 e. The van der Waals surface area contributed by atoms with Crippen molar-refractivity contribution in [3.05, 3.63) is 0 Å². The fourth-order valence-corrected chi connectivity index (χ4v) is 2.06. The van der Waals surface area contributed by atoms with Gasteiger partial charge < -0.3 is 56.1 Å². The summed E-state index contributed by atoms with van der Waals surface area (Å²) >= 11 is 3.81. The van der Waals surface area contributed by atoms with Gasteiger partial charge in [-0.3, -0.25) is 0 Å². The maximum Gasteiger partial charge on any atom is 0.139 e. The third-order valence-corrected chi connectivity index (χ3v) is 3.78. The Hall–Kier alpha value is -0.380. The fraction of sp³-hybridized carbons (Fsp3) is 0.917. The zero-order valence-corrected chi connectivity index (χ0v) is 13.5. The Balaban J connectivity index is 0.000000441. The molecule has 1 unspecified atom stereocenters. The minimum atomic E-state index is -1.62. The van der Waals surface area contributed by atoms with Crippen molar-refractivity contribution in [3.8, 4) is 0 Å². The number of hydrogen-bond donors (Lipinski definition) is 10. The minimum absolute atomic E-state index is 0.248. The Morgan fingerprint density at radius 1 is 1.04 bits per heavy atom. The van der Waals surface area contributed by atoms with Crippen molar-refractivity contribution in [2.45, 2.75) is 54.2 Å². The number of carbonyl (C=O) groups is 1. The summed E-state index contributed by atoms with van der Waals surface area (Å²) in [6, 6.07) is -1.26. The van der Waals surface area contributed by atoms with Crippen molar-refractivity contribution in [1.29, 1.82) is 0 Å². The molecule has 11 nitrogen and oxygen atoms in total. The van der Waals surface area contributed by atoms with Gasteiger partial charge in [0.1, 0.15) is 54.4 Å². The highest BCUT2D eigenvalue weighted by atomic mass is 32.1. The van der Waals surface area contributed by atoms with Gasteiger partial charge in [0.05, 0.1) is 19.3 Å². The van der Waals surface area contributed by atoms with Gasteiger partial charge in [0, 0.05) is 0 Å². The van der Waals surface area contributed by atoms with Crippen LogP contribution in [-0.4, -0.2) is 115 Å². The molecule has 1 aliphatic rings. The Morgan fingerprint density at radius 3 is 2.00 bits per heavy atom. The molecule has 0 saturated carbocycles. The van der Waals surface area contributed by atoms with Gasteiger partial charge in [-0.25, -0.2) is 0 Å². The molecule has 24 heavy (non-hydrogen) atoms. The van der Waals surface area contributed by atoms with Crippen molar-refractivity contribution in [2.75, 3.05) is 13.2 Å². The Morgan fingerprint density at radius 2 is 1.58 bits per heavy atom. The van der Waals surface area contributed by atoms with Crippen LogP contribution in [0.5, 0.6) is 0 Å². The van der Waals surface area contributed by atoms with Crippen LogP contribution in [-0.2, 0) is 9.53 Å². The van der Waals surface area contributed by atoms with Crippen molar-refractivity contribution >= 4 is 18.9 Å². The summed E-state index contributed by atoms with van der Waals surface area (Å²) in [6.07, 6.45) is -9.13. The van der Waals surface area contributed by atoms with E-state index >= 15 is 0 Å². The topological polar surface area (TPSA) is 214 Å². The van der Waals surface area contributed by atoms with E-state index in [4.69, 9.17) is 41.1 Å². The number of aliphatic hydroxyl groups is 8. The van der Waals surface area contributed by atoms with Crippen LogP contribution < -0.4 is 5.73 Å². The van der Waals surface area contributed by atoms with Crippen molar-refractivity contribution in [1.82, 2.24) is 0 Å². The minimum Gasteiger partial charge on any atom is -0.394 e. The van der Waals surface area contributed by atoms with Gasteiger partial charge in [-0.05, 0) is 0 Å². The second-order valence-electron chi connectivity index (χ2n) is 5.16. The largest absolute Gasteiger partial charge is 0.394 e. The molecule has 0 radical (unpaired) electrons. The van der Waals surface area contributed by atoms with Crippen LogP contribution in [0.2, 0.25) is 0 Å². The first-order chi connectivity index (χ1) is 11.1. The standard InChI is InChI=1S/C6H13NO5.C6H12O5S/c7-3(1-8)5(11)6(12)4(10)2-9;7-1-2-3(8)4(9)5(10)6(12)11-2/h1,3-6,9-12H,2,7H2;2-10,12H,1H2/t3-,4+,5+,6+;2-,3+,4+,5-,6?/m01/s1. The van der Waals surface area contributed by atoms with E-state index in [0.717, 1.165) is 0 Å². The lowest BCUT2D eigenvalue weighted by Crippen LogP contribution is -2.56. The van der Waals surface area contributed by atoms with Crippen molar-refractivity contribution in [2.24, 2.45) is 5.73 Å². The van der Waals surface area contributed by atoms with Crippen LogP contribution in [0.4, 0.5) is 0 Å². The maximum absolute atomic E-state index is 10.0. The molecular formula is C12H25NO10S. The number of nitrogens with two attached hydrogens (primary N) is 1. The average molecular weight is 375 g/mol. The second-order valence-corrected chi connectivity index (χ2v) is 5.67. The molecular weight excluding hydrogens is 350 g/mol. The lowest BCUT2D eigenvalue weighted by Gasteiger charge is -2.37. The van der Waals surface area contributed by atoms with Crippen LogP contribution in [0.1, 0.15) is 0 Å². The Labute approximate surface area is 143 Å².